The van der Waals surface area contributed by atoms with Gasteiger partial charge in [0.15, 0.2) is 0 Å². The molecule has 0 amide bonds. The van der Waals surface area contributed by atoms with Crippen molar-refractivity contribution < 1.29 is 17.1 Å². The quantitative estimate of drug-likeness (QED) is 0.415. The topological polar surface area (TPSA) is 61.0 Å². The summed E-state index contributed by atoms with van der Waals surface area (Å²) >= 11 is 0. The van der Waals surface area contributed by atoms with Gasteiger partial charge in [-0.2, -0.15) is 0 Å². The molecule has 0 aliphatic rings. The summed E-state index contributed by atoms with van der Waals surface area (Å²) in [6, 6.07) is 0. The normalized spacial score (nSPS) is 1.50. The number of rotatable bonds is 0. The van der Waals surface area contributed by atoms with Crippen LogP contribution in [0.4, 0.5) is 0 Å². The van der Waals surface area contributed by atoms with Gasteiger partial charge in [-0.1, -0.05) is 0 Å². The van der Waals surface area contributed by atoms with Gasteiger partial charge in [0.05, 0.1) is 0 Å². The van der Waals surface area contributed by atoms with Crippen LogP contribution in [0.25, 0.3) is 0 Å². The number of hydrogen-bond acceptors (Lipinski definition) is 2. The minimum absolute atomic E-state index is 0. The van der Waals surface area contributed by atoms with Crippen molar-refractivity contribution in [3.63, 3.8) is 0 Å². The third-order valence-electron chi connectivity index (χ3n) is 0. The Balaban J connectivity index is -0.00000000500. The van der Waals surface area contributed by atoms with Gasteiger partial charge in [0.1, 0.15) is 0 Å². The first-order chi connectivity index (χ1) is 1.00. The van der Waals surface area contributed by atoms with Crippen LogP contribution in [0.2, 0.25) is 0 Å². The molecule has 0 aliphatic heterocycles. The Bertz CT molecular complexity index is 6.00. The van der Waals surface area contributed by atoms with E-state index in [2.05, 4.69) is 5.73 Å². The van der Waals surface area contributed by atoms with Gasteiger partial charge in [0.2, 0.25) is 0 Å². The van der Waals surface area contributed by atoms with Gasteiger partial charge in [-0.25, -0.2) is 0 Å². The largest absolute Gasteiger partial charge is 2.00 e. The zero-order chi connectivity index (χ0) is 2.00. The average molecular weight is 104 g/mol. The van der Waals surface area contributed by atoms with Crippen LogP contribution in [-0.4, -0.2) is 7.05 Å². The second kappa shape index (κ2) is 106. The van der Waals surface area contributed by atoms with Crippen LogP contribution in [0.15, 0.2) is 0 Å². The van der Waals surface area contributed by atoms with Crippen LogP contribution in [0.5, 0.6) is 0 Å². The van der Waals surface area contributed by atoms with E-state index in [1.807, 2.05) is 0 Å². The fraction of sp³-hybridized carbons (Fsp3) is 1.00. The summed E-state index contributed by atoms with van der Waals surface area (Å²) in [4.78, 5) is 0. The Hall–Kier alpha value is 0.439. The van der Waals surface area contributed by atoms with Crippen LogP contribution in [0, 0.1) is 0 Å². The average Bonchev–Trinajstić information content (AvgIpc) is 1.00. The summed E-state index contributed by atoms with van der Waals surface area (Å²) in [7, 11) is 1.50. The second-order valence-corrected chi connectivity index (χ2v) is 0. The molecule has 0 atom stereocenters. The molecule has 28 valence electrons. The van der Waals surface area contributed by atoms with Crippen LogP contribution < -0.4 is 11.9 Å². The molecule has 0 aromatic rings. The van der Waals surface area contributed by atoms with Gasteiger partial charge in [0, 0.05) is 0 Å². The summed E-state index contributed by atoms with van der Waals surface area (Å²) in [6.45, 7) is 0. The monoisotopic (exact) mass is 104 g/mol. The fourth-order valence-corrected chi connectivity index (χ4v) is 0. The van der Waals surface area contributed by atoms with Crippen molar-refractivity contribution in [1.29, 1.82) is 0 Å². The first-order valence-corrected chi connectivity index (χ1v) is 0.577. The summed E-state index contributed by atoms with van der Waals surface area (Å²) in [5.74, 6) is 0. The fourth-order valence-electron chi connectivity index (χ4n) is 0. The molecule has 3 heteroatoms. The molecule has 0 aromatic carbocycles. The molecule has 0 aliphatic carbocycles. The van der Waals surface area contributed by atoms with E-state index in [4.69, 9.17) is 0 Å². The van der Waals surface area contributed by atoms with Crippen molar-refractivity contribution in [3.8, 4) is 0 Å². The van der Waals surface area contributed by atoms with E-state index < -0.39 is 0 Å². The molecule has 0 saturated carbocycles. The van der Waals surface area contributed by atoms with Gasteiger partial charge < -0.3 is 11.9 Å². The zero-order valence-electron chi connectivity index (χ0n) is 2.64. The Morgan fingerprint density at radius 3 is 1.25 bits per heavy atom. The molecule has 0 heterocycles. The predicted molar refractivity (Wildman–Crippen MR) is 15.1 cm³/mol. The van der Waals surface area contributed by atoms with Crippen LogP contribution >= 0.6 is 0 Å². The summed E-state index contributed by atoms with van der Waals surface area (Å²) in [5.41, 5.74) is 4.50. The van der Waals surface area contributed by atoms with Crippen molar-refractivity contribution in [2.24, 2.45) is 5.73 Å². The van der Waals surface area contributed by atoms with Gasteiger partial charge in [-0.3, -0.25) is 0 Å². The van der Waals surface area contributed by atoms with Gasteiger partial charge in [-0.15, -0.1) is 0 Å². The van der Waals surface area contributed by atoms with E-state index in [-0.39, 0.29) is 23.2 Å². The molecule has 4 heavy (non-hydrogen) atoms. The Labute approximate surface area is 36.8 Å². The molecular weight excluding hydrogens is 95.9 g/mol. The Morgan fingerprint density at radius 2 is 1.25 bits per heavy atom. The molecule has 0 bridgehead atoms. The molecule has 0 spiro atoms. The standard InChI is InChI=1S/CH5N.Fe.H3N/c1-2;;/h2H2,1H3;;1H3/q;+2;. The molecule has 0 unspecified atom stereocenters. The number of nitrogens with two attached hydrogens (primary N) is 1. The van der Waals surface area contributed by atoms with E-state index in [0.717, 1.165) is 0 Å². The maximum atomic E-state index is 4.50. The van der Waals surface area contributed by atoms with E-state index in [1.54, 1.807) is 0 Å². The minimum Gasteiger partial charge on any atom is -0.344 e. The number of hydrogen-bond donors (Lipinski definition) is 2. The molecule has 2 nitrogen and oxygen atoms in total. The van der Waals surface area contributed by atoms with Crippen molar-refractivity contribution in [1.82, 2.24) is 6.15 Å². The second-order valence-electron chi connectivity index (χ2n) is 0. The Kier molecular flexibility index (Phi) is 672. The van der Waals surface area contributed by atoms with Crippen molar-refractivity contribution >= 4 is 0 Å². The van der Waals surface area contributed by atoms with E-state index >= 15 is 0 Å². The van der Waals surface area contributed by atoms with E-state index in [9.17, 15) is 0 Å². The van der Waals surface area contributed by atoms with Crippen molar-refractivity contribution in [2.75, 3.05) is 7.05 Å². The maximum Gasteiger partial charge on any atom is 2.00 e. The molecule has 0 fully saturated rings. The predicted octanol–water partition coefficient (Wildman–Crippen LogP) is -0.266. The molecule has 0 aromatic heterocycles. The van der Waals surface area contributed by atoms with Crippen LogP contribution in [-0.2, 0) is 17.1 Å². The maximum absolute atomic E-state index is 4.50. The minimum atomic E-state index is 0. The third kappa shape index (κ3) is 26.2. The summed E-state index contributed by atoms with van der Waals surface area (Å²) < 4.78 is 0. The van der Waals surface area contributed by atoms with Gasteiger partial charge in [0.25, 0.3) is 0 Å². The first-order valence-electron chi connectivity index (χ1n) is 0.577. The molecular formula is CH8FeN2+2. The summed E-state index contributed by atoms with van der Waals surface area (Å²) in [6.07, 6.45) is 0. The van der Waals surface area contributed by atoms with Crippen molar-refractivity contribution in [3.05, 3.63) is 0 Å². The first kappa shape index (κ1) is 25.3. The van der Waals surface area contributed by atoms with Crippen LogP contribution in [0.3, 0.4) is 0 Å². The molecule has 0 radical (unpaired) electrons. The van der Waals surface area contributed by atoms with Gasteiger partial charge >= 0.3 is 17.1 Å². The van der Waals surface area contributed by atoms with Crippen molar-refractivity contribution in [2.45, 2.75) is 0 Å². The molecule has 0 saturated heterocycles. The molecule has 0 rings (SSSR count). The Morgan fingerprint density at radius 1 is 1.25 bits per heavy atom. The molecule has 5 N–H and O–H groups in total. The van der Waals surface area contributed by atoms with E-state index in [0.29, 0.717) is 0 Å². The SMILES string of the molecule is CN.N.[Fe+2]. The summed E-state index contributed by atoms with van der Waals surface area (Å²) in [5, 5.41) is 0. The zero-order valence-corrected chi connectivity index (χ0v) is 3.74. The smallest absolute Gasteiger partial charge is 0.344 e. The van der Waals surface area contributed by atoms with Crippen LogP contribution in [0.1, 0.15) is 0 Å². The van der Waals surface area contributed by atoms with E-state index in [1.165, 1.54) is 7.05 Å². The third-order valence-corrected chi connectivity index (χ3v) is 0. The van der Waals surface area contributed by atoms with Gasteiger partial charge in [-0.05, 0) is 7.05 Å².